The minimum Gasteiger partial charge on any atom is -0.347 e. The molecule has 0 spiro atoms. The van der Waals surface area contributed by atoms with Gasteiger partial charge >= 0.3 is 0 Å². The Kier molecular flexibility index (Phi) is 9.97. The molecule has 2 N–H and O–H groups in total. The zero-order chi connectivity index (χ0) is 22.6. The summed E-state index contributed by atoms with van der Waals surface area (Å²) in [5.74, 6) is 0.264. The molecule has 2 rings (SSSR count). The van der Waals surface area contributed by atoms with Gasteiger partial charge in [-0.25, -0.2) is 0 Å². The first kappa shape index (κ1) is 24.3. The quantitative estimate of drug-likeness (QED) is 0.296. The van der Waals surface area contributed by atoms with Gasteiger partial charge in [-0.05, 0) is 10.9 Å². The van der Waals surface area contributed by atoms with E-state index in [9.17, 15) is 19.2 Å². The molecule has 2 aromatic rings. The van der Waals surface area contributed by atoms with Crippen LogP contribution in [-0.4, -0.2) is 53.7 Å². The zero-order valence-electron chi connectivity index (χ0n) is 17.9. The standard InChI is InChI=1S/C24H28N2O4S/c1-3-23(29)26-20(24(30)25-16-21(27)18-10-6-4-7-11-18)14-15-31(2)17-22(28)19-12-8-5-9-13-19/h4-13,20H,3,14-17H2,1-2H3,(H-,25,26,29,30)/p+1/i4+1,6+1,7+1,10+1,11+1,16+1,18+1,21+1. The molecule has 0 aliphatic rings. The normalized spacial score (nSPS) is 12.5. The summed E-state index contributed by atoms with van der Waals surface area (Å²) in [5.41, 5.74) is 1.20. The molecule has 0 fully saturated rings. The van der Waals surface area contributed by atoms with Crippen molar-refractivity contribution in [1.29, 1.82) is 0 Å². The maximum Gasteiger partial charge on any atom is 0.243 e. The van der Waals surface area contributed by atoms with Gasteiger partial charge < -0.3 is 10.6 Å². The maximum atomic E-state index is 12.6. The molecule has 2 amide bonds. The van der Waals surface area contributed by atoms with Gasteiger partial charge in [0, 0.05) is 24.0 Å². The lowest BCUT2D eigenvalue weighted by molar-refractivity contribution is -0.128. The Morgan fingerprint density at radius 2 is 1.42 bits per heavy atom. The third kappa shape index (κ3) is 8.38. The molecular formula is C24H29N2O4S+. The summed E-state index contributed by atoms with van der Waals surface area (Å²) in [6, 6.07) is 17.1. The molecule has 0 aliphatic carbocycles. The number of hydrogen-bond acceptors (Lipinski definition) is 4. The second-order valence-electron chi connectivity index (χ2n) is 7.19. The predicted molar refractivity (Wildman–Crippen MR) is 124 cm³/mol. The first-order valence-corrected chi connectivity index (χ1v) is 12.2. The minimum absolute atomic E-state index is 0.0680. The van der Waals surface area contributed by atoms with Gasteiger partial charge in [0.2, 0.25) is 17.6 Å². The van der Waals surface area contributed by atoms with Crippen LogP contribution < -0.4 is 10.6 Å². The van der Waals surface area contributed by atoms with Crippen molar-refractivity contribution in [1.82, 2.24) is 10.6 Å². The number of nitrogens with one attached hydrogen (secondary N) is 2. The molecule has 6 nitrogen and oxygen atoms in total. The molecule has 7 heteroatoms. The van der Waals surface area contributed by atoms with E-state index in [4.69, 9.17) is 0 Å². The van der Waals surface area contributed by atoms with Crippen LogP contribution in [0.2, 0.25) is 0 Å². The van der Waals surface area contributed by atoms with E-state index >= 15 is 0 Å². The summed E-state index contributed by atoms with van der Waals surface area (Å²) in [5, 5.41) is 5.36. The Morgan fingerprint density at radius 3 is 1.97 bits per heavy atom. The second-order valence-corrected chi connectivity index (χ2v) is 9.45. The number of benzene rings is 2. The van der Waals surface area contributed by atoms with Crippen molar-refractivity contribution in [2.24, 2.45) is 0 Å². The molecule has 0 saturated carbocycles. The predicted octanol–water partition coefficient (Wildman–Crippen LogP) is 2.40. The van der Waals surface area contributed by atoms with Crippen LogP contribution in [0.5, 0.6) is 0 Å². The van der Waals surface area contributed by atoms with Gasteiger partial charge in [-0.1, -0.05) is 67.6 Å². The van der Waals surface area contributed by atoms with Crippen LogP contribution in [0.1, 0.15) is 40.5 Å². The van der Waals surface area contributed by atoms with Crippen LogP contribution in [0.15, 0.2) is 60.7 Å². The first-order valence-electron chi connectivity index (χ1n) is 10.2. The van der Waals surface area contributed by atoms with E-state index in [1.54, 1.807) is 43.3 Å². The van der Waals surface area contributed by atoms with Crippen LogP contribution in [0.4, 0.5) is 0 Å². The number of Topliss-reactive ketones (excluding diaryl/α,β-unsaturated/α-hetero) is 2. The van der Waals surface area contributed by atoms with E-state index in [-0.39, 0.29) is 41.3 Å². The van der Waals surface area contributed by atoms with Gasteiger partial charge in [-0.15, -0.1) is 0 Å². The summed E-state index contributed by atoms with van der Waals surface area (Å²) in [7, 11) is -0.245. The summed E-state index contributed by atoms with van der Waals surface area (Å²) < 4.78 is 0. The van der Waals surface area contributed by atoms with Crippen LogP contribution in [0, 0.1) is 0 Å². The Labute approximate surface area is 186 Å². The highest BCUT2D eigenvalue weighted by atomic mass is 32.2. The number of hydrogen-bond donors (Lipinski definition) is 2. The molecule has 31 heavy (non-hydrogen) atoms. The van der Waals surface area contributed by atoms with E-state index in [0.717, 1.165) is 0 Å². The van der Waals surface area contributed by atoms with Gasteiger partial charge in [0.25, 0.3) is 0 Å². The van der Waals surface area contributed by atoms with Crippen LogP contribution >= 0.6 is 0 Å². The highest BCUT2D eigenvalue weighted by Gasteiger charge is 2.25. The van der Waals surface area contributed by atoms with Crippen molar-refractivity contribution in [3.8, 4) is 0 Å². The SMILES string of the molecule is CCC(=O)NC(CC[S+](C)CC(=O)c1ccccc1)C(=O)N[13CH2][13C](=O)[13c]1[13cH][13cH][13cH][13cH][13cH]1. The zero-order valence-corrected chi connectivity index (χ0v) is 18.7. The van der Waals surface area contributed by atoms with Crippen molar-refractivity contribution in [2.75, 3.05) is 24.3 Å². The molecule has 0 heterocycles. The smallest absolute Gasteiger partial charge is 0.243 e. The number of ketones is 2. The molecule has 164 valence electrons. The van der Waals surface area contributed by atoms with E-state index in [0.29, 0.717) is 29.1 Å². The fraction of sp³-hybridized carbons (Fsp3) is 0.333. The summed E-state index contributed by atoms with van der Waals surface area (Å²) >= 11 is 0. The molecule has 0 saturated heterocycles. The molecular weight excluding hydrogens is 420 g/mol. The van der Waals surface area contributed by atoms with E-state index < -0.39 is 11.9 Å². The molecule has 2 atom stereocenters. The third-order valence-electron chi connectivity index (χ3n) is 4.72. The van der Waals surface area contributed by atoms with Gasteiger partial charge in [-0.2, -0.15) is 0 Å². The van der Waals surface area contributed by atoms with Crippen molar-refractivity contribution in [2.45, 2.75) is 25.8 Å². The first-order chi connectivity index (χ1) is 14.9. The Morgan fingerprint density at radius 1 is 0.871 bits per heavy atom. The monoisotopic (exact) mass is 449 g/mol. The van der Waals surface area contributed by atoms with Gasteiger partial charge in [0.1, 0.15) is 11.8 Å². The van der Waals surface area contributed by atoms with Gasteiger partial charge in [0.05, 0.1) is 12.8 Å². The Hall–Kier alpha value is -2.93. The molecule has 0 aromatic heterocycles. The summed E-state index contributed by atoms with van der Waals surface area (Å²) in [6.07, 6.45) is 2.65. The lowest BCUT2D eigenvalue weighted by atomic mass is 10.2. The fourth-order valence-electron chi connectivity index (χ4n) is 2.90. The average molecular weight is 450 g/mol. The van der Waals surface area contributed by atoms with Gasteiger partial charge in [0.15, 0.2) is 11.5 Å². The van der Waals surface area contributed by atoms with Gasteiger partial charge in [-0.3, -0.25) is 19.2 Å². The van der Waals surface area contributed by atoms with E-state index in [1.807, 2.05) is 30.5 Å². The second kappa shape index (κ2) is 12.7. The molecule has 2 unspecified atom stereocenters. The number of carbonyl (C=O) groups excluding carboxylic acids is 4. The van der Waals surface area contributed by atoms with Crippen molar-refractivity contribution >= 4 is 34.3 Å². The van der Waals surface area contributed by atoms with Crippen molar-refractivity contribution in [3.63, 3.8) is 0 Å². The van der Waals surface area contributed by atoms with Crippen molar-refractivity contribution < 1.29 is 19.2 Å². The lowest BCUT2D eigenvalue weighted by Crippen LogP contribution is -2.48. The minimum atomic E-state index is -0.738. The fourth-order valence-corrected chi connectivity index (χ4v) is 4.30. The Bertz CT molecular complexity index is 887. The lowest BCUT2D eigenvalue weighted by Gasteiger charge is -2.17. The summed E-state index contributed by atoms with van der Waals surface area (Å²) in [6.45, 7) is 1.58. The third-order valence-corrected chi connectivity index (χ3v) is 6.41. The molecule has 0 radical (unpaired) electrons. The van der Waals surface area contributed by atoms with Crippen LogP contribution in [0.25, 0.3) is 0 Å². The van der Waals surface area contributed by atoms with Crippen molar-refractivity contribution in [3.05, 3.63) is 71.8 Å². The number of amides is 2. The maximum absolute atomic E-state index is 12.6. The molecule has 0 aliphatic heterocycles. The highest BCUT2D eigenvalue weighted by molar-refractivity contribution is 7.96. The highest BCUT2D eigenvalue weighted by Crippen LogP contribution is 2.07. The molecule has 0 bridgehead atoms. The Balaban J connectivity index is 1.89. The van der Waals surface area contributed by atoms with E-state index in [2.05, 4.69) is 10.6 Å². The summed E-state index contributed by atoms with van der Waals surface area (Å²) in [4.78, 5) is 49.2. The van der Waals surface area contributed by atoms with E-state index in [1.165, 1.54) is 0 Å². The van der Waals surface area contributed by atoms with Crippen LogP contribution in [-0.2, 0) is 20.5 Å². The molecule has 2 aromatic carbocycles. The largest absolute Gasteiger partial charge is 0.347 e. The topological polar surface area (TPSA) is 92.3 Å². The number of rotatable bonds is 12. The average Bonchev–Trinajstić information content (AvgIpc) is 2.80. The van der Waals surface area contributed by atoms with Crippen LogP contribution in [0.3, 0.4) is 0 Å². The number of carbonyl (C=O) groups is 4.